The van der Waals surface area contributed by atoms with Gasteiger partial charge in [-0.15, -0.1) is 0 Å². The zero-order chi connectivity index (χ0) is 15.4. The maximum atomic E-state index is 12.0. The fourth-order valence-electron chi connectivity index (χ4n) is 2.04. The number of ether oxygens (including phenoxy) is 1. The summed E-state index contributed by atoms with van der Waals surface area (Å²) in [5.74, 6) is 0.714. The third-order valence-corrected chi connectivity index (χ3v) is 3.14. The molecule has 1 aromatic heterocycles. The van der Waals surface area contributed by atoms with Gasteiger partial charge in [0.05, 0.1) is 11.5 Å². The highest BCUT2D eigenvalue weighted by Gasteiger charge is 2.15. The summed E-state index contributed by atoms with van der Waals surface area (Å²) in [6.07, 6.45) is 0. The Hall–Kier alpha value is -2.63. The number of nitrogens with zero attached hydrogens (tertiary/aromatic N) is 2. The summed E-state index contributed by atoms with van der Waals surface area (Å²) >= 11 is 0. The molecule has 21 heavy (non-hydrogen) atoms. The molecule has 0 aliphatic heterocycles. The van der Waals surface area contributed by atoms with Crippen LogP contribution in [0.5, 0.6) is 5.75 Å². The lowest BCUT2D eigenvalue weighted by Gasteiger charge is -2.11. The number of rotatable bonds is 5. The van der Waals surface area contributed by atoms with E-state index in [0.29, 0.717) is 11.4 Å². The monoisotopic (exact) mass is 288 g/mol. The van der Waals surface area contributed by atoms with E-state index in [9.17, 15) is 14.9 Å². The van der Waals surface area contributed by atoms with Crippen LogP contribution in [0.1, 0.15) is 11.3 Å². The Bertz CT molecular complexity index is 722. The summed E-state index contributed by atoms with van der Waals surface area (Å²) in [6, 6.07) is 10.4. The third kappa shape index (κ3) is 3.47. The number of nitro groups is 1. The van der Waals surface area contributed by atoms with Crippen molar-refractivity contribution in [3.8, 4) is 5.75 Å². The minimum absolute atomic E-state index is 0.264. The highest BCUT2D eigenvalue weighted by molar-refractivity contribution is 5.28. The first-order valence-electron chi connectivity index (χ1n) is 6.53. The summed E-state index contributed by atoms with van der Waals surface area (Å²) in [4.78, 5) is 22.1. The van der Waals surface area contributed by atoms with E-state index in [0.717, 1.165) is 5.56 Å². The van der Waals surface area contributed by atoms with Crippen molar-refractivity contribution in [2.24, 2.45) is 0 Å². The van der Waals surface area contributed by atoms with Crippen LogP contribution in [0, 0.1) is 24.0 Å². The normalized spacial score (nSPS) is 10.4. The Morgan fingerprint density at radius 3 is 2.67 bits per heavy atom. The van der Waals surface area contributed by atoms with Gasteiger partial charge in [0, 0.05) is 11.8 Å². The van der Waals surface area contributed by atoms with Gasteiger partial charge in [-0.2, -0.15) is 0 Å². The molecule has 1 heterocycles. The van der Waals surface area contributed by atoms with Gasteiger partial charge in [0.1, 0.15) is 12.4 Å². The first-order valence-corrected chi connectivity index (χ1v) is 6.53. The van der Waals surface area contributed by atoms with Crippen molar-refractivity contribution in [3.63, 3.8) is 0 Å². The van der Waals surface area contributed by atoms with Gasteiger partial charge in [0.15, 0.2) is 0 Å². The summed E-state index contributed by atoms with van der Waals surface area (Å²) in [5.41, 5.74) is 0.721. The minimum atomic E-state index is -0.667. The molecule has 0 saturated heterocycles. The smallest absolute Gasteiger partial charge is 0.334 e. The Labute approximate surface area is 121 Å². The van der Waals surface area contributed by atoms with Gasteiger partial charge in [-0.1, -0.05) is 12.1 Å². The third-order valence-electron chi connectivity index (χ3n) is 3.14. The number of pyridine rings is 1. The minimum Gasteiger partial charge on any atom is -0.492 e. The van der Waals surface area contributed by atoms with E-state index in [1.165, 1.54) is 10.6 Å². The van der Waals surface area contributed by atoms with Gasteiger partial charge in [-0.25, -0.2) is 0 Å². The maximum absolute atomic E-state index is 12.0. The molecule has 0 aliphatic rings. The molecule has 0 amide bonds. The molecule has 2 rings (SSSR count). The zero-order valence-electron chi connectivity index (χ0n) is 11.9. The van der Waals surface area contributed by atoms with Crippen molar-refractivity contribution >= 4 is 5.69 Å². The average Bonchev–Trinajstić information content (AvgIpc) is 2.42. The fraction of sp³-hybridized carbons (Fsp3) is 0.267. The molecule has 0 spiro atoms. The van der Waals surface area contributed by atoms with Crippen molar-refractivity contribution in [2.45, 2.75) is 20.4 Å². The number of hydrogen-bond acceptors (Lipinski definition) is 4. The quantitative estimate of drug-likeness (QED) is 0.625. The average molecular weight is 288 g/mol. The van der Waals surface area contributed by atoms with Crippen molar-refractivity contribution in [1.82, 2.24) is 4.57 Å². The predicted molar refractivity (Wildman–Crippen MR) is 78.8 cm³/mol. The van der Waals surface area contributed by atoms with Gasteiger partial charge >= 0.3 is 11.2 Å². The molecule has 0 atom stereocenters. The number of hydrogen-bond donors (Lipinski definition) is 0. The van der Waals surface area contributed by atoms with Gasteiger partial charge in [0.25, 0.3) is 0 Å². The second kappa shape index (κ2) is 6.21. The van der Waals surface area contributed by atoms with Crippen LogP contribution >= 0.6 is 0 Å². The SMILES string of the molecule is Cc1cccc(OCCn2c(C)ccc([N+](=O)[O-])c2=O)c1. The molecular weight excluding hydrogens is 272 g/mol. The number of aromatic nitrogens is 1. The van der Waals surface area contributed by atoms with E-state index in [4.69, 9.17) is 4.74 Å². The van der Waals surface area contributed by atoms with E-state index < -0.39 is 16.2 Å². The van der Waals surface area contributed by atoms with Crippen molar-refractivity contribution < 1.29 is 9.66 Å². The first-order chi connectivity index (χ1) is 9.99. The largest absolute Gasteiger partial charge is 0.492 e. The van der Waals surface area contributed by atoms with Gasteiger partial charge < -0.3 is 9.30 Å². The van der Waals surface area contributed by atoms with E-state index in [1.54, 1.807) is 13.0 Å². The molecule has 0 unspecified atom stereocenters. The van der Waals surface area contributed by atoms with Crippen molar-refractivity contribution in [2.75, 3.05) is 6.61 Å². The lowest BCUT2D eigenvalue weighted by molar-refractivity contribution is -0.386. The molecule has 1 aromatic carbocycles. The first kappa shape index (κ1) is 14.8. The number of benzene rings is 1. The number of aryl methyl sites for hydroxylation is 2. The van der Waals surface area contributed by atoms with E-state index in [2.05, 4.69) is 0 Å². The summed E-state index contributed by atoms with van der Waals surface area (Å²) < 4.78 is 6.93. The van der Waals surface area contributed by atoms with Crippen LogP contribution in [-0.4, -0.2) is 16.1 Å². The van der Waals surface area contributed by atoms with Crippen LogP contribution < -0.4 is 10.3 Å². The highest BCUT2D eigenvalue weighted by Crippen LogP contribution is 2.12. The second-order valence-corrected chi connectivity index (χ2v) is 4.74. The maximum Gasteiger partial charge on any atom is 0.334 e. The highest BCUT2D eigenvalue weighted by atomic mass is 16.6. The second-order valence-electron chi connectivity index (χ2n) is 4.74. The van der Waals surface area contributed by atoms with Crippen LogP contribution in [0.3, 0.4) is 0 Å². The predicted octanol–water partition coefficient (Wildman–Crippen LogP) is 2.45. The van der Waals surface area contributed by atoms with Crippen molar-refractivity contribution in [3.05, 3.63) is 68.1 Å². The Morgan fingerprint density at radius 1 is 1.24 bits per heavy atom. The molecular formula is C15H16N2O4. The standard InChI is InChI=1S/C15H16N2O4/c1-11-4-3-5-13(10-11)21-9-8-16-12(2)6-7-14(15(16)18)17(19)20/h3-7,10H,8-9H2,1-2H3. The van der Waals surface area contributed by atoms with Gasteiger partial charge in [-0.3, -0.25) is 14.9 Å². The lowest BCUT2D eigenvalue weighted by Crippen LogP contribution is -2.26. The molecule has 2 aromatic rings. The molecule has 110 valence electrons. The molecule has 0 N–H and O–H groups in total. The van der Waals surface area contributed by atoms with E-state index >= 15 is 0 Å². The van der Waals surface area contributed by atoms with Crippen LogP contribution in [-0.2, 0) is 6.54 Å². The van der Waals surface area contributed by atoms with Crippen LogP contribution in [0.15, 0.2) is 41.2 Å². The zero-order valence-corrected chi connectivity index (χ0v) is 11.9. The summed E-state index contributed by atoms with van der Waals surface area (Å²) in [6.45, 7) is 4.23. The Balaban J connectivity index is 2.12. The van der Waals surface area contributed by atoms with Gasteiger partial charge in [-0.05, 0) is 37.6 Å². The van der Waals surface area contributed by atoms with Crippen LogP contribution in [0.25, 0.3) is 0 Å². The van der Waals surface area contributed by atoms with Gasteiger partial charge in [0.2, 0.25) is 0 Å². The van der Waals surface area contributed by atoms with E-state index in [-0.39, 0.29) is 13.2 Å². The summed E-state index contributed by atoms with van der Waals surface area (Å²) in [5, 5.41) is 10.8. The molecule has 0 saturated carbocycles. The van der Waals surface area contributed by atoms with Crippen LogP contribution in [0.4, 0.5) is 5.69 Å². The van der Waals surface area contributed by atoms with E-state index in [1.807, 2.05) is 31.2 Å². The Kier molecular flexibility index (Phi) is 4.37. The molecule has 0 aliphatic carbocycles. The molecule has 0 fully saturated rings. The molecule has 6 nitrogen and oxygen atoms in total. The lowest BCUT2D eigenvalue weighted by atomic mass is 10.2. The summed E-state index contributed by atoms with van der Waals surface area (Å²) in [7, 11) is 0. The Morgan fingerprint density at radius 2 is 2.00 bits per heavy atom. The molecule has 0 radical (unpaired) electrons. The van der Waals surface area contributed by atoms with Crippen LogP contribution in [0.2, 0.25) is 0 Å². The molecule has 0 bridgehead atoms. The fourth-order valence-corrected chi connectivity index (χ4v) is 2.04. The molecule has 6 heteroatoms. The topological polar surface area (TPSA) is 74.4 Å². The van der Waals surface area contributed by atoms with Crippen molar-refractivity contribution in [1.29, 1.82) is 0 Å².